The van der Waals surface area contributed by atoms with E-state index < -0.39 is 60.2 Å². The Morgan fingerprint density at radius 3 is 1.61 bits per heavy atom. The number of carbonyl (C=O) groups is 6. The Balaban J connectivity index is 1.61. The quantitative estimate of drug-likeness (QED) is 0.0389. The molecule has 0 aliphatic heterocycles. The summed E-state index contributed by atoms with van der Waals surface area (Å²) in [5, 5.41) is 20.5. The Labute approximate surface area is 352 Å². The molecular weight excluding hydrogens is 789 g/mol. The molecule has 0 heterocycles. The SMILES string of the molecule is C=CCOc1c(C(=O)O)ccc(NC(=O)c2ccc(NC(=O)c3ccc(NC(=O)C(CC(N)=O)NC(=O)c4ccc(N)cc4)cc3)c(OC(C)C)c2OCC=C)c1OC(C)C. The maximum absolute atomic E-state index is 14.0. The van der Waals surface area contributed by atoms with E-state index in [1.54, 1.807) is 27.7 Å². The Kier molecular flexibility index (Phi) is 16.0. The molecule has 4 aromatic carbocycles. The zero-order chi connectivity index (χ0) is 44.8. The number of hydrogen-bond acceptors (Lipinski definition) is 11. The number of carboxylic acid groups (broad SMARTS) is 1. The standard InChI is InChI=1S/C44H48N6O11/c1-7-21-58-36-30(42(54)49-33-20-18-31(44(56)57)37(59-22-8-2)39(33)61-25(5)6)17-19-32(38(36)60-24(3)4)48-40(52)27-11-15-29(16-12-27)47-43(55)34(23-35(46)51)50-41(53)26-9-13-28(45)14-10-26/h7-20,24-25,34H,1-2,21-23,45H2,3-6H3,(H2,46,51)(H,47,55)(H,48,52)(H,49,54)(H,50,53)(H,56,57). The smallest absolute Gasteiger partial charge is 0.339 e. The molecule has 0 saturated carbocycles. The van der Waals surface area contributed by atoms with E-state index in [4.69, 9.17) is 30.4 Å². The normalized spacial score (nSPS) is 11.1. The number of benzene rings is 4. The van der Waals surface area contributed by atoms with Crippen molar-refractivity contribution in [2.24, 2.45) is 5.73 Å². The molecule has 0 aliphatic carbocycles. The van der Waals surface area contributed by atoms with Gasteiger partial charge in [0.15, 0.2) is 23.0 Å². The lowest BCUT2D eigenvalue weighted by atomic mass is 10.1. The van der Waals surface area contributed by atoms with Crippen molar-refractivity contribution in [1.29, 1.82) is 0 Å². The van der Waals surface area contributed by atoms with Gasteiger partial charge in [0.25, 0.3) is 17.7 Å². The minimum Gasteiger partial charge on any atom is -0.485 e. The van der Waals surface area contributed by atoms with Gasteiger partial charge in [-0.25, -0.2) is 4.79 Å². The number of primary amides is 1. The molecule has 5 amide bonds. The van der Waals surface area contributed by atoms with Crippen LogP contribution in [0.15, 0.2) is 98.1 Å². The summed E-state index contributed by atoms with van der Waals surface area (Å²) >= 11 is 0. The Morgan fingerprint density at radius 1 is 0.639 bits per heavy atom. The van der Waals surface area contributed by atoms with Gasteiger partial charge in [0.1, 0.15) is 24.8 Å². The first-order chi connectivity index (χ1) is 29.0. The summed E-state index contributed by atoms with van der Waals surface area (Å²) in [5.74, 6) is -4.87. The molecular formula is C44H48N6O11. The molecule has 61 heavy (non-hydrogen) atoms. The number of amides is 5. The van der Waals surface area contributed by atoms with Crippen LogP contribution in [0, 0.1) is 0 Å². The number of carbonyl (C=O) groups excluding carboxylic acids is 5. The van der Waals surface area contributed by atoms with E-state index >= 15 is 0 Å². The van der Waals surface area contributed by atoms with E-state index in [9.17, 15) is 33.9 Å². The van der Waals surface area contributed by atoms with Crippen molar-refractivity contribution < 1.29 is 52.8 Å². The molecule has 0 aromatic heterocycles. The topological polar surface area (TPSA) is 260 Å². The Morgan fingerprint density at radius 2 is 1.11 bits per heavy atom. The van der Waals surface area contributed by atoms with Gasteiger partial charge in [-0.1, -0.05) is 25.3 Å². The summed E-state index contributed by atoms with van der Waals surface area (Å²) in [7, 11) is 0. The first kappa shape index (κ1) is 45.9. The molecule has 1 atom stereocenters. The first-order valence-corrected chi connectivity index (χ1v) is 18.9. The fraction of sp³-hybridized carbons (Fsp3) is 0.227. The number of ether oxygens (including phenoxy) is 4. The largest absolute Gasteiger partial charge is 0.485 e. The van der Waals surface area contributed by atoms with Gasteiger partial charge in [0, 0.05) is 22.5 Å². The van der Waals surface area contributed by atoms with Crippen molar-refractivity contribution >= 4 is 58.3 Å². The average molecular weight is 837 g/mol. The van der Waals surface area contributed by atoms with Gasteiger partial charge in [-0.05, 0) is 100 Å². The third-order valence-electron chi connectivity index (χ3n) is 8.21. The van der Waals surface area contributed by atoms with Crippen molar-refractivity contribution in [3.05, 3.63) is 120 Å². The number of rotatable bonds is 21. The molecule has 4 aromatic rings. The molecule has 0 radical (unpaired) electrons. The van der Waals surface area contributed by atoms with E-state index in [-0.39, 0.29) is 75.5 Å². The van der Waals surface area contributed by atoms with Gasteiger partial charge in [0.05, 0.1) is 35.6 Å². The van der Waals surface area contributed by atoms with Crippen LogP contribution in [0.1, 0.15) is 75.5 Å². The van der Waals surface area contributed by atoms with Gasteiger partial charge >= 0.3 is 5.97 Å². The number of nitrogens with one attached hydrogen (secondary N) is 4. The van der Waals surface area contributed by atoms with Crippen LogP contribution in [-0.4, -0.2) is 72.1 Å². The van der Waals surface area contributed by atoms with Gasteiger partial charge < -0.3 is 56.8 Å². The molecule has 4 rings (SSSR count). The lowest BCUT2D eigenvalue weighted by molar-refractivity contribution is -0.123. The highest BCUT2D eigenvalue weighted by atomic mass is 16.5. The summed E-state index contributed by atoms with van der Waals surface area (Å²) in [5.41, 5.74) is 12.1. The number of nitrogens with two attached hydrogens (primary N) is 2. The predicted octanol–water partition coefficient (Wildman–Crippen LogP) is 5.79. The minimum absolute atomic E-state index is 0.0127. The summed E-state index contributed by atoms with van der Waals surface area (Å²) in [4.78, 5) is 77.4. The van der Waals surface area contributed by atoms with Gasteiger partial charge in [-0.2, -0.15) is 0 Å². The van der Waals surface area contributed by atoms with Crippen LogP contribution >= 0.6 is 0 Å². The maximum Gasteiger partial charge on any atom is 0.339 e. The third-order valence-corrected chi connectivity index (χ3v) is 8.21. The van der Waals surface area contributed by atoms with Crippen molar-refractivity contribution in [2.45, 2.75) is 52.4 Å². The van der Waals surface area contributed by atoms with Crippen molar-refractivity contribution in [1.82, 2.24) is 5.32 Å². The molecule has 0 spiro atoms. The van der Waals surface area contributed by atoms with Crippen LogP contribution in [0.5, 0.6) is 23.0 Å². The Bertz CT molecular complexity index is 2290. The molecule has 320 valence electrons. The molecule has 17 nitrogen and oxygen atoms in total. The summed E-state index contributed by atoms with van der Waals surface area (Å²) in [6.07, 6.45) is 1.51. The van der Waals surface area contributed by atoms with Crippen LogP contribution in [0.4, 0.5) is 22.7 Å². The zero-order valence-electron chi connectivity index (χ0n) is 34.0. The Hall–Kier alpha value is -7.82. The average Bonchev–Trinajstić information content (AvgIpc) is 3.20. The molecule has 0 saturated heterocycles. The second-order valence-electron chi connectivity index (χ2n) is 13.8. The molecule has 0 bridgehead atoms. The van der Waals surface area contributed by atoms with E-state index in [1.165, 1.54) is 84.9 Å². The van der Waals surface area contributed by atoms with Gasteiger partial charge in [-0.3, -0.25) is 24.0 Å². The molecule has 0 fully saturated rings. The van der Waals surface area contributed by atoms with Crippen LogP contribution in [0.2, 0.25) is 0 Å². The minimum atomic E-state index is -1.31. The van der Waals surface area contributed by atoms with Crippen molar-refractivity contribution in [3.8, 4) is 23.0 Å². The lowest BCUT2D eigenvalue weighted by Crippen LogP contribution is -2.46. The number of hydrogen-bond donors (Lipinski definition) is 7. The first-order valence-electron chi connectivity index (χ1n) is 18.9. The summed E-state index contributed by atoms with van der Waals surface area (Å²) < 4.78 is 23.7. The summed E-state index contributed by atoms with van der Waals surface area (Å²) in [6, 6.07) is 15.9. The number of carboxylic acids is 1. The van der Waals surface area contributed by atoms with Crippen LogP contribution < -0.4 is 51.7 Å². The highest BCUT2D eigenvalue weighted by Crippen LogP contribution is 2.43. The van der Waals surface area contributed by atoms with Crippen molar-refractivity contribution in [3.63, 3.8) is 0 Å². The lowest BCUT2D eigenvalue weighted by Gasteiger charge is -2.22. The maximum atomic E-state index is 14.0. The highest BCUT2D eigenvalue weighted by molar-refractivity contribution is 6.10. The van der Waals surface area contributed by atoms with Gasteiger partial charge in [-0.15, -0.1) is 0 Å². The molecule has 0 aliphatic rings. The molecule has 17 heteroatoms. The van der Waals surface area contributed by atoms with Crippen LogP contribution in [0.3, 0.4) is 0 Å². The molecule has 1 unspecified atom stereocenters. The second kappa shape index (κ2) is 21.3. The van der Waals surface area contributed by atoms with E-state index in [1.807, 2.05) is 0 Å². The van der Waals surface area contributed by atoms with Crippen LogP contribution in [0.25, 0.3) is 0 Å². The number of anilines is 4. The van der Waals surface area contributed by atoms with Crippen molar-refractivity contribution in [2.75, 3.05) is 34.9 Å². The third kappa shape index (κ3) is 12.6. The monoisotopic (exact) mass is 836 g/mol. The van der Waals surface area contributed by atoms with Crippen LogP contribution in [-0.2, 0) is 9.59 Å². The molecule has 9 N–H and O–H groups in total. The van der Waals surface area contributed by atoms with E-state index in [0.29, 0.717) is 5.69 Å². The van der Waals surface area contributed by atoms with Gasteiger partial charge in [0.2, 0.25) is 11.8 Å². The number of nitrogen functional groups attached to an aromatic ring is 1. The highest BCUT2D eigenvalue weighted by Gasteiger charge is 2.28. The fourth-order valence-corrected chi connectivity index (χ4v) is 5.55. The second-order valence-corrected chi connectivity index (χ2v) is 13.8. The summed E-state index contributed by atoms with van der Waals surface area (Å²) in [6.45, 7) is 14.2. The zero-order valence-corrected chi connectivity index (χ0v) is 34.0. The predicted molar refractivity (Wildman–Crippen MR) is 230 cm³/mol. The van der Waals surface area contributed by atoms with E-state index in [0.717, 1.165) is 0 Å². The van der Waals surface area contributed by atoms with E-state index in [2.05, 4.69) is 34.4 Å². The number of aromatic carboxylic acids is 1. The fourth-order valence-electron chi connectivity index (χ4n) is 5.55.